The van der Waals surface area contributed by atoms with Crippen LogP contribution in [0, 0.1) is 0 Å². The standard InChI is InChI=1S/C7H16N4O/c8-5-6-3-1-2-4-11(6)7(12)10-9/h6H,1-5,8-9H2,(H,10,12). The van der Waals surface area contributed by atoms with Crippen molar-refractivity contribution in [1.29, 1.82) is 0 Å². The molecule has 70 valence electrons. The van der Waals surface area contributed by atoms with Crippen molar-refractivity contribution < 1.29 is 4.79 Å². The number of nitrogens with one attached hydrogen (secondary N) is 1. The van der Waals surface area contributed by atoms with Crippen LogP contribution in [0.2, 0.25) is 0 Å². The number of hydrogen-bond acceptors (Lipinski definition) is 3. The van der Waals surface area contributed by atoms with Gasteiger partial charge in [-0.05, 0) is 19.3 Å². The van der Waals surface area contributed by atoms with E-state index in [4.69, 9.17) is 11.6 Å². The second-order valence-electron chi connectivity index (χ2n) is 3.03. The summed E-state index contributed by atoms with van der Waals surface area (Å²) in [6.07, 6.45) is 3.18. The SMILES string of the molecule is NCC1CCCCN1C(=O)NN. The molecule has 1 heterocycles. The fourth-order valence-electron chi connectivity index (χ4n) is 1.60. The van der Waals surface area contributed by atoms with Crippen molar-refractivity contribution in [2.45, 2.75) is 25.3 Å². The van der Waals surface area contributed by atoms with Crippen LogP contribution in [-0.2, 0) is 0 Å². The number of urea groups is 1. The van der Waals surface area contributed by atoms with E-state index in [1.54, 1.807) is 4.90 Å². The molecule has 1 saturated heterocycles. The minimum absolute atomic E-state index is 0.169. The molecule has 1 atom stereocenters. The number of carbonyl (C=O) groups is 1. The van der Waals surface area contributed by atoms with Gasteiger partial charge in [-0.3, -0.25) is 5.43 Å². The number of hydrazine groups is 1. The predicted octanol–water partition coefficient (Wildman–Crippen LogP) is -0.617. The Balaban J connectivity index is 2.52. The number of nitrogens with two attached hydrogens (primary N) is 2. The molecule has 0 aromatic carbocycles. The third kappa shape index (κ3) is 1.86. The highest BCUT2D eigenvalue weighted by molar-refractivity contribution is 5.73. The number of carbonyl (C=O) groups excluding carboxylic acids is 1. The number of amides is 2. The quantitative estimate of drug-likeness (QED) is 0.280. The van der Waals surface area contributed by atoms with Gasteiger partial charge in [-0.1, -0.05) is 0 Å². The summed E-state index contributed by atoms with van der Waals surface area (Å²) in [7, 11) is 0. The fraction of sp³-hybridized carbons (Fsp3) is 0.857. The molecule has 0 aliphatic carbocycles. The molecule has 0 aromatic heterocycles. The Hall–Kier alpha value is -0.810. The molecule has 5 N–H and O–H groups in total. The molecule has 0 spiro atoms. The third-order valence-electron chi connectivity index (χ3n) is 2.28. The minimum atomic E-state index is -0.217. The van der Waals surface area contributed by atoms with Crippen LogP contribution in [0.3, 0.4) is 0 Å². The molecule has 0 bridgehead atoms. The predicted molar refractivity (Wildman–Crippen MR) is 46.1 cm³/mol. The topological polar surface area (TPSA) is 84.4 Å². The highest BCUT2D eigenvalue weighted by atomic mass is 16.2. The maximum Gasteiger partial charge on any atom is 0.331 e. The highest BCUT2D eigenvalue weighted by Crippen LogP contribution is 2.15. The van der Waals surface area contributed by atoms with Crippen LogP contribution in [0.25, 0.3) is 0 Å². The molecular weight excluding hydrogens is 156 g/mol. The van der Waals surface area contributed by atoms with E-state index in [1.807, 2.05) is 0 Å². The first-order valence-corrected chi connectivity index (χ1v) is 4.27. The molecule has 1 aliphatic heterocycles. The van der Waals surface area contributed by atoms with Crippen LogP contribution >= 0.6 is 0 Å². The number of likely N-dealkylation sites (tertiary alicyclic amines) is 1. The molecule has 0 radical (unpaired) electrons. The van der Waals surface area contributed by atoms with Crippen molar-refractivity contribution in [2.75, 3.05) is 13.1 Å². The summed E-state index contributed by atoms with van der Waals surface area (Å²) in [6.45, 7) is 1.29. The number of nitrogens with zero attached hydrogens (tertiary/aromatic N) is 1. The largest absolute Gasteiger partial charge is 0.331 e. The zero-order chi connectivity index (χ0) is 8.97. The van der Waals surface area contributed by atoms with Crippen molar-refractivity contribution in [2.24, 2.45) is 11.6 Å². The van der Waals surface area contributed by atoms with Crippen LogP contribution < -0.4 is 17.0 Å². The zero-order valence-corrected chi connectivity index (χ0v) is 7.12. The first kappa shape index (κ1) is 9.28. The van der Waals surface area contributed by atoms with Gasteiger partial charge in [-0.25, -0.2) is 10.6 Å². The summed E-state index contributed by atoms with van der Waals surface area (Å²) in [5.74, 6) is 5.04. The van der Waals surface area contributed by atoms with Gasteiger partial charge in [0, 0.05) is 19.1 Å². The van der Waals surface area contributed by atoms with Crippen LogP contribution in [0.1, 0.15) is 19.3 Å². The molecule has 5 nitrogen and oxygen atoms in total. The Morgan fingerprint density at radius 3 is 2.92 bits per heavy atom. The molecule has 1 rings (SSSR count). The maximum absolute atomic E-state index is 11.2. The average molecular weight is 172 g/mol. The van der Waals surface area contributed by atoms with Gasteiger partial charge in [0.05, 0.1) is 0 Å². The Morgan fingerprint density at radius 2 is 2.33 bits per heavy atom. The number of rotatable bonds is 1. The average Bonchev–Trinajstić information content (AvgIpc) is 2.16. The van der Waals surface area contributed by atoms with Gasteiger partial charge in [-0.2, -0.15) is 0 Å². The lowest BCUT2D eigenvalue weighted by atomic mass is 10.0. The molecule has 12 heavy (non-hydrogen) atoms. The van der Waals surface area contributed by atoms with Gasteiger partial charge in [-0.15, -0.1) is 0 Å². The van der Waals surface area contributed by atoms with Gasteiger partial charge in [0.2, 0.25) is 0 Å². The number of piperidine rings is 1. The van der Waals surface area contributed by atoms with Gasteiger partial charge < -0.3 is 10.6 Å². The van der Waals surface area contributed by atoms with Crippen molar-refractivity contribution in [3.05, 3.63) is 0 Å². The monoisotopic (exact) mass is 172 g/mol. The molecule has 0 aromatic rings. The Bertz CT molecular complexity index is 161. The summed E-state index contributed by atoms with van der Waals surface area (Å²) in [4.78, 5) is 12.9. The van der Waals surface area contributed by atoms with Crippen molar-refractivity contribution in [3.63, 3.8) is 0 Å². The maximum atomic E-state index is 11.2. The summed E-state index contributed by atoms with van der Waals surface area (Å²) < 4.78 is 0. The molecule has 0 saturated carbocycles. The Labute approximate surface area is 72.0 Å². The molecular formula is C7H16N4O. The summed E-state index contributed by atoms with van der Waals surface area (Å²) in [5.41, 5.74) is 7.65. The Morgan fingerprint density at radius 1 is 1.58 bits per heavy atom. The van der Waals surface area contributed by atoms with Crippen LogP contribution in [-0.4, -0.2) is 30.1 Å². The molecule has 5 heteroatoms. The molecule has 2 amide bonds. The summed E-state index contributed by atoms with van der Waals surface area (Å²) in [5, 5.41) is 0. The lowest BCUT2D eigenvalue weighted by molar-refractivity contribution is 0.154. The Kier molecular flexibility index (Phi) is 3.31. The van der Waals surface area contributed by atoms with E-state index in [9.17, 15) is 4.79 Å². The summed E-state index contributed by atoms with van der Waals surface area (Å²) in [6, 6.07) is -0.0487. The number of hydrogen-bond donors (Lipinski definition) is 3. The normalized spacial score (nSPS) is 23.8. The van der Waals surface area contributed by atoms with E-state index in [1.165, 1.54) is 0 Å². The summed E-state index contributed by atoms with van der Waals surface area (Å²) >= 11 is 0. The van der Waals surface area contributed by atoms with E-state index in [0.717, 1.165) is 25.8 Å². The first-order chi connectivity index (χ1) is 5.79. The van der Waals surface area contributed by atoms with E-state index in [2.05, 4.69) is 5.43 Å². The van der Waals surface area contributed by atoms with E-state index < -0.39 is 0 Å². The first-order valence-electron chi connectivity index (χ1n) is 4.27. The van der Waals surface area contributed by atoms with Gasteiger partial charge in [0.25, 0.3) is 0 Å². The van der Waals surface area contributed by atoms with E-state index >= 15 is 0 Å². The minimum Gasteiger partial charge on any atom is -0.328 e. The van der Waals surface area contributed by atoms with Gasteiger partial charge in [0.15, 0.2) is 0 Å². The molecule has 1 aliphatic rings. The van der Waals surface area contributed by atoms with Crippen LogP contribution in [0.5, 0.6) is 0 Å². The van der Waals surface area contributed by atoms with Crippen molar-refractivity contribution in [3.8, 4) is 0 Å². The third-order valence-corrected chi connectivity index (χ3v) is 2.28. The lowest BCUT2D eigenvalue weighted by Crippen LogP contribution is -2.53. The van der Waals surface area contributed by atoms with Crippen molar-refractivity contribution >= 4 is 6.03 Å². The highest BCUT2D eigenvalue weighted by Gasteiger charge is 2.24. The second kappa shape index (κ2) is 4.27. The van der Waals surface area contributed by atoms with E-state index in [0.29, 0.717) is 6.54 Å². The van der Waals surface area contributed by atoms with Gasteiger partial charge in [0.1, 0.15) is 0 Å². The van der Waals surface area contributed by atoms with E-state index in [-0.39, 0.29) is 12.1 Å². The van der Waals surface area contributed by atoms with Crippen LogP contribution in [0.4, 0.5) is 4.79 Å². The van der Waals surface area contributed by atoms with Crippen molar-refractivity contribution in [1.82, 2.24) is 10.3 Å². The van der Waals surface area contributed by atoms with Gasteiger partial charge >= 0.3 is 6.03 Å². The second-order valence-corrected chi connectivity index (χ2v) is 3.03. The molecule has 1 unspecified atom stereocenters. The smallest absolute Gasteiger partial charge is 0.328 e. The fourth-order valence-corrected chi connectivity index (χ4v) is 1.60. The zero-order valence-electron chi connectivity index (χ0n) is 7.12. The lowest BCUT2D eigenvalue weighted by Gasteiger charge is -2.34. The van der Waals surface area contributed by atoms with Crippen LogP contribution in [0.15, 0.2) is 0 Å². The molecule has 1 fully saturated rings.